The van der Waals surface area contributed by atoms with Gasteiger partial charge in [0.1, 0.15) is 0 Å². The Kier molecular flexibility index (Phi) is 3.03. The molecule has 0 bridgehead atoms. The maximum Gasteiger partial charge on any atom is 0.166 e. The number of ketones is 1. The summed E-state index contributed by atoms with van der Waals surface area (Å²) >= 11 is 0. The lowest BCUT2D eigenvalue weighted by atomic mass is 9.72. The van der Waals surface area contributed by atoms with Crippen molar-refractivity contribution in [3.63, 3.8) is 0 Å². The summed E-state index contributed by atoms with van der Waals surface area (Å²) in [5.41, 5.74) is 1.31. The number of carbonyl (C=O) groups is 1. The van der Waals surface area contributed by atoms with Crippen LogP contribution in [0.25, 0.3) is 0 Å². The molecule has 0 amide bonds. The lowest BCUT2D eigenvalue weighted by molar-refractivity contribution is 0.0955. The summed E-state index contributed by atoms with van der Waals surface area (Å²) in [6, 6.07) is 9.85. The van der Waals surface area contributed by atoms with E-state index in [4.69, 9.17) is 0 Å². The quantitative estimate of drug-likeness (QED) is 0.708. The zero-order valence-electron chi connectivity index (χ0n) is 12.2. The molecule has 2 fully saturated rings. The van der Waals surface area contributed by atoms with E-state index in [-0.39, 0.29) is 0 Å². The molecule has 0 N–H and O–H groups in total. The van der Waals surface area contributed by atoms with E-state index >= 15 is 0 Å². The minimum absolute atomic E-state index is 0.328. The Bertz CT molecular complexity index is 468. The van der Waals surface area contributed by atoms with E-state index in [1.165, 1.54) is 19.3 Å². The van der Waals surface area contributed by atoms with Gasteiger partial charge in [-0.1, -0.05) is 51.1 Å². The Morgan fingerprint density at radius 2 is 1.74 bits per heavy atom. The zero-order valence-corrected chi connectivity index (χ0v) is 12.2. The molecule has 102 valence electrons. The van der Waals surface area contributed by atoms with Crippen molar-refractivity contribution in [2.45, 2.75) is 40.0 Å². The summed E-state index contributed by atoms with van der Waals surface area (Å²) in [7, 11) is 0. The predicted octanol–water partition coefficient (Wildman–Crippen LogP) is 4.58. The summed E-state index contributed by atoms with van der Waals surface area (Å²) in [4.78, 5) is 12.5. The average Bonchev–Trinajstić information content (AvgIpc) is 3.11. The van der Waals surface area contributed by atoms with Crippen LogP contribution in [0.3, 0.4) is 0 Å². The first-order valence-electron chi connectivity index (χ1n) is 7.58. The van der Waals surface area contributed by atoms with Gasteiger partial charge in [0.25, 0.3) is 0 Å². The van der Waals surface area contributed by atoms with Crippen LogP contribution >= 0.6 is 0 Å². The molecule has 2 saturated carbocycles. The van der Waals surface area contributed by atoms with Crippen molar-refractivity contribution >= 4 is 5.78 Å². The predicted molar refractivity (Wildman–Crippen MR) is 78.0 cm³/mol. The summed E-state index contributed by atoms with van der Waals surface area (Å²) < 4.78 is 0. The highest BCUT2D eigenvalue weighted by Crippen LogP contribution is 2.60. The molecule has 0 aromatic heterocycles. The number of hydrogen-bond donors (Lipinski definition) is 0. The molecule has 0 spiro atoms. The Morgan fingerprint density at radius 1 is 1.05 bits per heavy atom. The van der Waals surface area contributed by atoms with E-state index < -0.39 is 0 Å². The van der Waals surface area contributed by atoms with Gasteiger partial charge in [-0.15, -0.1) is 0 Å². The van der Waals surface area contributed by atoms with Gasteiger partial charge in [-0.25, -0.2) is 0 Å². The third-order valence-corrected chi connectivity index (χ3v) is 5.32. The first-order chi connectivity index (χ1) is 8.98. The molecule has 0 radical (unpaired) electrons. The van der Waals surface area contributed by atoms with Crippen LogP contribution in [-0.2, 0) is 0 Å². The number of carbonyl (C=O) groups excluding carboxylic acids is 1. The number of rotatable bonds is 2. The highest BCUT2D eigenvalue weighted by molar-refractivity contribution is 6.00. The van der Waals surface area contributed by atoms with Crippen molar-refractivity contribution < 1.29 is 4.79 Å². The van der Waals surface area contributed by atoms with E-state index in [1.54, 1.807) is 0 Å². The number of fused-ring (bicyclic) bond motifs is 1. The van der Waals surface area contributed by atoms with Crippen LogP contribution in [0.4, 0.5) is 0 Å². The number of benzene rings is 1. The highest BCUT2D eigenvalue weighted by Gasteiger charge is 2.57. The monoisotopic (exact) mass is 256 g/mol. The van der Waals surface area contributed by atoms with Gasteiger partial charge in [0, 0.05) is 11.5 Å². The fourth-order valence-corrected chi connectivity index (χ4v) is 3.97. The Hall–Kier alpha value is -1.11. The van der Waals surface area contributed by atoms with E-state index in [9.17, 15) is 4.79 Å². The molecule has 3 rings (SSSR count). The molecule has 0 aliphatic heterocycles. The van der Waals surface area contributed by atoms with E-state index in [0.29, 0.717) is 29.0 Å². The third-order valence-electron chi connectivity index (χ3n) is 5.32. The fraction of sp³-hybridized carbons (Fsp3) is 0.611. The molecule has 1 nitrogen and oxygen atoms in total. The minimum atomic E-state index is 0.328. The van der Waals surface area contributed by atoms with Gasteiger partial charge in [0.15, 0.2) is 5.78 Å². The van der Waals surface area contributed by atoms with Gasteiger partial charge in [-0.3, -0.25) is 4.79 Å². The first kappa shape index (κ1) is 12.9. The SMILES string of the molecule is CC(C)(C)[C@H]1CC[C@H]2[C@@H](C1)[C@@H]2C(=O)c1ccccc1. The van der Waals surface area contributed by atoms with Gasteiger partial charge in [-0.05, 0) is 42.4 Å². The summed E-state index contributed by atoms with van der Waals surface area (Å²) in [6.07, 6.45) is 3.83. The maximum absolute atomic E-state index is 12.5. The highest BCUT2D eigenvalue weighted by atomic mass is 16.1. The van der Waals surface area contributed by atoms with Gasteiger partial charge in [-0.2, -0.15) is 0 Å². The molecule has 0 saturated heterocycles. The number of hydrogen-bond acceptors (Lipinski definition) is 1. The Balaban J connectivity index is 1.69. The zero-order chi connectivity index (χ0) is 13.6. The van der Waals surface area contributed by atoms with Crippen LogP contribution in [0.15, 0.2) is 30.3 Å². The van der Waals surface area contributed by atoms with Crippen molar-refractivity contribution in [2.24, 2.45) is 29.1 Å². The van der Waals surface area contributed by atoms with Crippen molar-refractivity contribution in [3.05, 3.63) is 35.9 Å². The molecular formula is C18H24O. The molecule has 4 atom stereocenters. The standard InChI is InChI=1S/C18H24O/c1-18(2,3)13-9-10-14-15(11-13)16(14)17(19)12-7-5-4-6-8-12/h4-8,13-16H,9-11H2,1-3H3/t13-,14-,15+,16+/m0/s1. The fourth-order valence-electron chi connectivity index (χ4n) is 3.97. The number of Topliss-reactive ketones (excluding diaryl/α,β-unsaturated/α-hetero) is 1. The molecular weight excluding hydrogens is 232 g/mol. The first-order valence-corrected chi connectivity index (χ1v) is 7.58. The van der Waals surface area contributed by atoms with Gasteiger partial charge in [0.2, 0.25) is 0 Å². The Morgan fingerprint density at radius 3 is 2.37 bits per heavy atom. The van der Waals surface area contributed by atoms with Crippen molar-refractivity contribution in [3.8, 4) is 0 Å². The van der Waals surface area contributed by atoms with Crippen LogP contribution in [0.2, 0.25) is 0 Å². The lowest BCUT2D eigenvalue weighted by Gasteiger charge is -2.33. The largest absolute Gasteiger partial charge is 0.294 e. The molecule has 1 aromatic rings. The van der Waals surface area contributed by atoms with Crippen LogP contribution < -0.4 is 0 Å². The van der Waals surface area contributed by atoms with Crippen LogP contribution in [0.1, 0.15) is 50.4 Å². The van der Waals surface area contributed by atoms with Gasteiger partial charge < -0.3 is 0 Å². The van der Waals surface area contributed by atoms with Gasteiger partial charge >= 0.3 is 0 Å². The van der Waals surface area contributed by atoms with Crippen molar-refractivity contribution in [1.29, 1.82) is 0 Å². The molecule has 1 heteroatoms. The van der Waals surface area contributed by atoms with E-state index in [1.807, 2.05) is 30.3 Å². The molecule has 0 unspecified atom stereocenters. The third kappa shape index (κ3) is 2.35. The molecule has 19 heavy (non-hydrogen) atoms. The lowest BCUT2D eigenvalue weighted by Crippen LogP contribution is -2.23. The van der Waals surface area contributed by atoms with Crippen LogP contribution in [0.5, 0.6) is 0 Å². The van der Waals surface area contributed by atoms with Crippen LogP contribution in [0, 0.1) is 29.1 Å². The minimum Gasteiger partial charge on any atom is -0.294 e. The Labute approximate surface area is 116 Å². The second kappa shape index (κ2) is 4.47. The molecule has 0 heterocycles. The second-order valence-electron chi connectivity index (χ2n) is 7.46. The van der Waals surface area contributed by atoms with E-state index in [2.05, 4.69) is 20.8 Å². The molecule has 2 aliphatic carbocycles. The maximum atomic E-state index is 12.5. The second-order valence-corrected chi connectivity index (χ2v) is 7.46. The topological polar surface area (TPSA) is 17.1 Å². The molecule has 2 aliphatic rings. The molecule has 1 aromatic carbocycles. The van der Waals surface area contributed by atoms with E-state index in [0.717, 1.165) is 11.5 Å². The van der Waals surface area contributed by atoms with Crippen LogP contribution in [-0.4, -0.2) is 5.78 Å². The van der Waals surface area contributed by atoms with Gasteiger partial charge in [0.05, 0.1) is 0 Å². The average molecular weight is 256 g/mol. The summed E-state index contributed by atoms with van der Waals surface area (Å²) in [6.45, 7) is 7.02. The smallest absolute Gasteiger partial charge is 0.166 e. The summed E-state index contributed by atoms with van der Waals surface area (Å²) in [5.74, 6) is 2.87. The van der Waals surface area contributed by atoms with Crippen molar-refractivity contribution in [2.75, 3.05) is 0 Å². The summed E-state index contributed by atoms with van der Waals surface area (Å²) in [5, 5.41) is 0. The normalized spacial score (nSPS) is 33.6. The van der Waals surface area contributed by atoms with Crippen molar-refractivity contribution in [1.82, 2.24) is 0 Å².